The van der Waals surface area contributed by atoms with Crippen LogP contribution in [0.5, 0.6) is 0 Å². The standard InChI is InChI=1S/C13H21BF3NO2/c1-10(2)11(3,4)20-14(19-10)9-5-12(9)6-18(7-12)8-13(15,16)17/h9H,5-8H2,1-4H3. The van der Waals surface area contributed by atoms with Crippen LogP contribution in [0, 0.1) is 5.41 Å². The summed E-state index contributed by atoms with van der Waals surface area (Å²) >= 11 is 0. The Hall–Kier alpha value is -0.265. The van der Waals surface area contributed by atoms with Crippen molar-refractivity contribution in [2.24, 2.45) is 5.41 Å². The zero-order valence-corrected chi connectivity index (χ0v) is 12.4. The summed E-state index contributed by atoms with van der Waals surface area (Å²) in [5, 5.41) is 0. The lowest BCUT2D eigenvalue weighted by Crippen LogP contribution is -2.53. The van der Waals surface area contributed by atoms with Crippen LogP contribution in [0.25, 0.3) is 0 Å². The number of hydrogen-bond donors (Lipinski definition) is 0. The van der Waals surface area contributed by atoms with Gasteiger partial charge in [-0.25, -0.2) is 0 Å². The van der Waals surface area contributed by atoms with Crippen molar-refractivity contribution in [2.45, 2.75) is 57.3 Å². The van der Waals surface area contributed by atoms with Crippen molar-refractivity contribution in [3.8, 4) is 0 Å². The first kappa shape index (κ1) is 14.7. The molecular formula is C13H21BF3NO2. The molecule has 0 amide bonds. The highest BCUT2D eigenvalue weighted by Crippen LogP contribution is 2.66. The van der Waals surface area contributed by atoms with E-state index in [4.69, 9.17) is 9.31 Å². The van der Waals surface area contributed by atoms with Gasteiger partial charge in [-0.3, -0.25) is 4.90 Å². The number of likely N-dealkylation sites (tertiary alicyclic amines) is 1. The normalized spacial score (nSPS) is 34.4. The van der Waals surface area contributed by atoms with Gasteiger partial charge in [-0.15, -0.1) is 0 Å². The fraction of sp³-hybridized carbons (Fsp3) is 1.00. The van der Waals surface area contributed by atoms with Crippen LogP contribution in [0.15, 0.2) is 0 Å². The fourth-order valence-corrected chi connectivity index (χ4v) is 3.39. The molecule has 7 heteroatoms. The van der Waals surface area contributed by atoms with Crippen LogP contribution in [0.2, 0.25) is 5.82 Å². The van der Waals surface area contributed by atoms with Gasteiger partial charge in [0.25, 0.3) is 0 Å². The summed E-state index contributed by atoms with van der Waals surface area (Å²) in [5.41, 5.74) is -0.722. The maximum atomic E-state index is 12.3. The van der Waals surface area contributed by atoms with Crippen molar-refractivity contribution >= 4 is 7.12 Å². The third-order valence-electron chi connectivity index (χ3n) is 5.33. The molecule has 3 aliphatic rings. The SMILES string of the molecule is CC1(C)OB(C2CC23CN(CC(F)(F)F)C3)OC1(C)C. The van der Waals surface area contributed by atoms with Crippen molar-refractivity contribution < 1.29 is 22.5 Å². The summed E-state index contributed by atoms with van der Waals surface area (Å²) in [4.78, 5) is 1.46. The lowest BCUT2D eigenvalue weighted by Gasteiger charge is -2.41. The smallest absolute Gasteiger partial charge is 0.403 e. The average Bonchev–Trinajstić information content (AvgIpc) is 2.82. The van der Waals surface area contributed by atoms with Crippen LogP contribution in [0.4, 0.5) is 13.2 Å². The van der Waals surface area contributed by atoms with E-state index in [0.29, 0.717) is 13.1 Å². The zero-order valence-electron chi connectivity index (χ0n) is 12.4. The van der Waals surface area contributed by atoms with E-state index in [1.807, 2.05) is 27.7 Å². The molecule has 114 valence electrons. The molecule has 1 atom stereocenters. The molecule has 0 aromatic carbocycles. The minimum Gasteiger partial charge on any atom is -0.403 e. The summed E-state index contributed by atoms with van der Waals surface area (Å²) in [5.74, 6) is 0.244. The number of nitrogens with zero attached hydrogens (tertiary/aromatic N) is 1. The zero-order chi connectivity index (χ0) is 15.0. The largest absolute Gasteiger partial charge is 0.461 e. The Labute approximate surface area is 117 Å². The van der Waals surface area contributed by atoms with E-state index < -0.39 is 12.7 Å². The van der Waals surface area contributed by atoms with Crippen LogP contribution in [0.3, 0.4) is 0 Å². The molecule has 3 fully saturated rings. The van der Waals surface area contributed by atoms with Gasteiger partial charge in [-0.2, -0.15) is 13.2 Å². The predicted octanol–water partition coefficient (Wildman–Crippen LogP) is 2.72. The van der Waals surface area contributed by atoms with Crippen LogP contribution < -0.4 is 0 Å². The molecule has 3 nitrogen and oxygen atoms in total. The van der Waals surface area contributed by atoms with Gasteiger partial charge in [0.15, 0.2) is 0 Å². The molecule has 0 N–H and O–H groups in total. The topological polar surface area (TPSA) is 21.7 Å². The molecule has 0 radical (unpaired) electrons. The molecular weight excluding hydrogens is 270 g/mol. The lowest BCUT2D eigenvalue weighted by molar-refractivity contribution is -0.160. The first-order valence-electron chi connectivity index (χ1n) is 7.09. The number of rotatable bonds is 2. The van der Waals surface area contributed by atoms with Crippen molar-refractivity contribution in [2.75, 3.05) is 19.6 Å². The predicted molar refractivity (Wildman–Crippen MR) is 69.4 cm³/mol. The van der Waals surface area contributed by atoms with Crippen LogP contribution in [-0.2, 0) is 9.31 Å². The maximum absolute atomic E-state index is 12.3. The second-order valence-electron chi connectivity index (χ2n) is 7.56. The highest BCUT2D eigenvalue weighted by molar-refractivity contribution is 6.49. The number of hydrogen-bond acceptors (Lipinski definition) is 3. The summed E-state index contributed by atoms with van der Waals surface area (Å²) in [6.07, 6.45) is -3.19. The third kappa shape index (κ3) is 2.27. The Kier molecular flexibility index (Phi) is 2.88. The Morgan fingerprint density at radius 2 is 1.60 bits per heavy atom. The molecule has 2 heterocycles. The second kappa shape index (κ2) is 3.93. The Morgan fingerprint density at radius 3 is 2.05 bits per heavy atom. The first-order valence-corrected chi connectivity index (χ1v) is 7.09. The van der Waals surface area contributed by atoms with E-state index in [2.05, 4.69) is 0 Å². The van der Waals surface area contributed by atoms with Gasteiger partial charge in [0, 0.05) is 18.9 Å². The van der Waals surface area contributed by atoms with Gasteiger partial charge in [0.05, 0.1) is 17.7 Å². The molecule has 3 rings (SSSR count). The molecule has 1 spiro atoms. The van der Waals surface area contributed by atoms with Crippen molar-refractivity contribution in [3.63, 3.8) is 0 Å². The molecule has 2 aliphatic heterocycles. The molecule has 1 unspecified atom stereocenters. The quantitative estimate of drug-likeness (QED) is 0.730. The summed E-state index contributed by atoms with van der Waals surface area (Å²) in [6.45, 7) is 8.22. The molecule has 0 aromatic rings. The van der Waals surface area contributed by atoms with Crippen molar-refractivity contribution in [1.82, 2.24) is 4.90 Å². The van der Waals surface area contributed by atoms with E-state index in [1.54, 1.807) is 0 Å². The summed E-state index contributed by atoms with van der Waals surface area (Å²) < 4.78 is 48.9. The molecule has 1 saturated carbocycles. The Bertz CT molecular complexity index is 402. The molecule has 2 saturated heterocycles. The maximum Gasteiger partial charge on any atom is 0.461 e. The monoisotopic (exact) mass is 291 g/mol. The summed E-state index contributed by atoms with van der Waals surface area (Å²) in [7, 11) is -0.270. The van der Waals surface area contributed by atoms with Crippen LogP contribution in [0.1, 0.15) is 34.1 Å². The van der Waals surface area contributed by atoms with Crippen molar-refractivity contribution in [1.29, 1.82) is 0 Å². The third-order valence-corrected chi connectivity index (χ3v) is 5.33. The fourth-order valence-electron chi connectivity index (χ4n) is 3.39. The van der Waals surface area contributed by atoms with Gasteiger partial charge in [-0.05, 0) is 39.5 Å². The molecule has 0 bridgehead atoms. The van der Waals surface area contributed by atoms with E-state index in [-0.39, 0.29) is 29.6 Å². The Balaban J connectivity index is 1.55. The van der Waals surface area contributed by atoms with Gasteiger partial charge in [-0.1, -0.05) is 0 Å². The Morgan fingerprint density at radius 1 is 1.10 bits per heavy atom. The van der Waals surface area contributed by atoms with Gasteiger partial charge in [0.1, 0.15) is 0 Å². The lowest BCUT2D eigenvalue weighted by atomic mass is 9.74. The van der Waals surface area contributed by atoms with Crippen molar-refractivity contribution in [3.05, 3.63) is 0 Å². The van der Waals surface area contributed by atoms with Crippen LogP contribution in [-0.4, -0.2) is 49.0 Å². The average molecular weight is 291 g/mol. The second-order valence-corrected chi connectivity index (χ2v) is 7.56. The van der Waals surface area contributed by atoms with Gasteiger partial charge >= 0.3 is 13.3 Å². The minimum absolute atomic E-state index is 0.00637. The first-order chi connectivity index (χ1) is 8.94. The highest BCUT2D eigenvalue weighted by atomic mass is 19.4. The highest BCUT2D eigenvalue weighted by Gasteiger charge is 2.70. The summed E-state index contributed by atoms with van der Waals surface area (Å²) in [6, 6.07) is 0. The van der Waals surface area contributed by atoms with E-state index in [0.717, 1.165) is 6.42 Å². The van der Waals surface area contributed by atoms with Gasteiger partial charge in [0.2, 0.25) is 0 Å². The number of alkyl halides is 3. The molecule has 1 aliphatic carbocycles. The van der Waals surface area contributed by atoms with E-state index >= 15 is 0 Å². The molecule has 20 heavy (non-hydrogen) atoms. The molecule has 0 aromatic heterocycles. The van der Waals surface area contributed by atoms with Crippen LogP contribution >= 0.6 is 0 Å². The van der Waals surface area contributed by atoms with E-state index in [9.17, 15) is 13.2 Å². The number of halogens is 3. The van der Waals surface area contributed by atoms with Gasteiger partial charge < -0.3 is 9.31 Å². The minimum atomic E-state index is -4.10. The van der Waals surface area contributed by atoms with E-state index in [1.165, 1.54) is 4.90 Å².